The number of nitrogens with zero attached hydrogens (tertiary/aromatic N) is 1. The van der Waals surface area contributed by atoms with Gasteiger partial charge in [0.25, 0.3) is 0 Å². The fraction of sp³-hybridized carbons (Fsp3) is 0.345. The van der Waals surface area contributed by atoms with Crippen molar-refractivity contribution in [2.24, 2.45) is 0 Å². The van der Waals surface area contributed by atoms with E-state index in [9.17, 15) is 26.7 Å². The molecule has 9 heteroatoms. The number of halogens is 5. The van der Waals surface area contributed by atoms with E-state index in [4.69, 9.17) is 9.47 Å². The summed E-state index contributed by atoms with van der Waals surface area (Å²) in [5, 5.41) is 0. The highest BCUT2D eigenvalue weighted by Crippen LogP contribution is 2.33. The summed E-state index contributed by atoms with van der Waals surface area (Å²) >= 11 is 0. The Balaban J connectivity index is 1.43. The molecule has 202 valence electrons. The summed E-state index contributed by atoms with van der Waals surface area (Å²) in [6, 6.07) is 14.8. The van der Waals surface area contributed by atoms with Gasteiger partial charge in [-0.05, 0) is 59.4 Å². The predicted molar refractivity (Wildman–Crippen MR) is 132 cm³/mol. The Morgan fingerprint density at radius 3 is 2.53 bits per heavy atom. The van der Waals surface area contributed by atoms with Crippen molar-refractivity contribution in [1.29, 1.82) is 0 Å². The topological polar surface area (TPSA) is 38.8 Å². The fourth-order valence-corrected chi connectivity index (χ4v) is 4.52. The van der Waals surface area contributed by atoms with Crippen molar-refractivity contribution in [3.63, 3.8) is 0 Å². The third kappa shape index (κ3) is 7.10. The monoisotopic (exact) mass is 533 g/mol. The highest BCUT2D eigenvalue weighted by atomic mass is 19.4. The quantitative estimate of drug-likeness (QED) is 0.166. The molecule has 0 fully saturated rings. The maximum atomic E-state index is 14.8. The van der Waals surface area contributed by atoms with Gasteiger partial charge in [-0.25, -0.2) is 8.78 Å². The fourth-order valence-electron chi connectivity index (χ4n) is 4.52. The van der Waals surface area contributed by atoms with Gasteiger partial charge in [0.05, 0.1) is 18.6 Å². The summed E-state index contributed by atoms with van der Waals surface area (Å²) in [5.74, 6) is -1.40. The molecule has 0 saturated carbocycles. The largest absolute Gasteiger partial charge is 0.494 e. The normalized spacial score (nSPS) is 14.2. The highest BCUT2D eigenvalue weighted by molar-refractivity contribution is 5.74. The summed E-state index contributed by atoms with van der Waals surface area (Å²) in [5.41, 5.74) is 1.31. The van der Waals surface area contributed by atoms with Crippen molar-refractivity contribution in [2.45, 2.75) is 45.0 Å². The van der Waals surface area contributed by atoms with Gasteiger partial charge >= 0.3 is 12.1 Å². The summed E-state index contributed by atoms with van der Waals surface area (Å²) < 4.78 is 78.7. The van der Waals surface area contributed by atoms with E-state index in [1.54, 1.807) is 18.2 Å². The minimum atomic E-state index is -4.79. The van der Waals surface area contributed by atoms with Crippen molar-refractivity contribution in [3.8, 4) is 5.75 Å². The molecular weight excluding hydrogens is 505 g/mol. The molecule has 1 atom stereocenters. The number of rotatable bonds is 10. The number of alkyl halides is 3. The van der Waals surface area contributed by atoms with E-state index in [0.717, 1.165) is 22.8 Å². The third-order valence-corrected chi connectivity index (χ3v) is 6.54. The molecule has 3 aromatic carbocycles. The van der Waals surface area contributed by atoms with Gasteiger partial charge in [0.15, 0.2) is 0 Å². The maximum Gasteiger partial charge on any atom is 0.419 e. The zero-order valence-electron chi connectivity index (χ0n) is 20.9. The Hall–Kier alpha value is -3.46. The van der Waals surface area contributed by atoms with E-state index in [2.05, 4.69) is 0 Å². The molecule has 0 N–H and O–H groups in total. The van der Waals surface area contributed by atoms with Crippen LogP contribution in [0.25, 0.3) is 0 Å². The summed E-state index contributed by atoms with van der Waals surface area (Å²) in [4.78, 5) is 13.4. The standard InChI is InChI=1S/C29H28F5NO3/c1-19(20-6-9-24(30)10-7-20)16-35(17-21-4-2-5-26(28(21)31)29(32,33)34)12-3-13-37-25-11-8-22-18-38-27(36)15-23(22)14-25/h2,4-11,14,19H,3,12-13,15-18H2,1H3. The Kier molecular flexibility index (Phi) is 8.66. The van der Waals surface area contributed by atoms with Crippen LogP contribution >= 0.6 is 0 Å². The van der Waals surface area contributed by atoms with Gasteiger partial charge in [-0.2, -0.15) is 13.2 Å². The lowest BCUT2D eigenvalue weighted by molar-refractivity contribution is -0.145. The Bertz CT molecular complexity index is 1260. The average Bonchev–Trinajstić information content (AvgIpc) is 2.87. The first-order valence-electron chi connectivity index (χ1n) is 12.3. The van der Waals surface area contributed by atoms with Crippen molar-refractivity contribution in [1.82, 2.24) is 4.90 Å². The lowest BCUT2D eigenvalue weighted by Gasteiger charge is -2.27. The second-order valence-corrected chi connectivity index (χ2v) is 9.43. The lowest BCUT2D eigenvalue weighted by atomic mass is 10.00. The van der Waals surface area contributed by atoms with Crippen LogP contribution in [-0.2, 0) is 35.3 Å². The maximum absolute atomic E-state index is 14.8. The van der Waals surface area contributed by atoms with E-state index >= 15 is 0 Å². The number of benzene rings is 3. The van der Waals surface area contributed by atoms with Crippen LogP contribution in [0.3, 0.4) is 0 Å². The highest BCUT2D eigenvalue weighted by Gasteiger charge is 2.35. The lowest BCUT2D eigenvalue weighted by Crippen LogP contribution is -2.30. The molecule has 1 unspecified atom stereocenters. The third-order valence-electron chi connectivity index (χ3n) is 6.54. The van der Waals surface area contributed by atoms with Gasteiger partial charge in [-0.3, -0.25) is 9.69 Å². The van der Waals surface area contributed by atoms with E-state index in [1.165, 1.54) is 24.3 Å². The summed E-state index contributed by atoms with van der Waals surface area (Å²) in [6.07, 6.45) is -4.08. The molecule has 3 aromatic rings. The van der Waals surface area contributed by atoms with Crippen LogP contribution in [0, 0.1) is 11.6 Å². The van der Waals surface area contributed by atoms with Crippen LogP contribution in [0.5, 0.6) is 5.75 Å². The Morgan fingerprint density at radius 2 is 1.79 bits per heavy atom. The zero-order valence-corrected chi connectivity index (χ0v) is 20.9. The smallest absolute Gasteiger partial charge is 0.419 e. The predicted octanol–water partition coefficient (Wildman–Crippen LogP) is 6.66. The van der Waals surface area contributed by atoms with Crippen LogP contribution in [0.4, 0.5) is 22.0 Å². The van der Waals surface area contributed by atoms with Crippen molar-refractivity contribution < 1.29 is 36.2 Å². The van der Waals surface area contributed by atoms with E-state index < -0.39 is 17.6 Å². The first kappa shape index (κ1) is 27.6. The van der Waals surface area contributed by atoms with Gasteiger partial charge < -0.3 is 9.47 Å². The number of cyclic esters (lactones) is 1. The molecule has 0 aromatic heterocycles. The van der Waals surface area contributed by atoms with Crippen LogP contribution in [-0.4, -0.2) is 30.6 Å². The molecule has 4 nitrogen and oxygen atoms in total. The molecule has 0 aliphatic carbocycles. The first-order chi connectivity index (χ1) is 18.1. The second kappa shape index (κ2) is 11.9. The number of ether oxygens (including phenoxy) is 2. The first-order valence-corrected chi connectivity index (χ1v) is 12.3. The molecule has 1 aliphatic rings. The molecule has 38 heavy (non-hydrogen) atoms. The van der Waals surface area contributed by atoms with Crippen LogP contribution in [0.2, 0.25) is 0 Å². The molecular formula is C29H28F5NO3. The second-order valence-electron chi connectivity index (χ2n) is 9.43. The van der Waals surface area contributed by atoms with Gasteiger partial charge in [0.2, 0.25) is 0 Å². The Labute approximate surface area is 218 Å². The summed E-state index contributed by atoms with van der Waals surface area (Å²) in [7, 11) is 0. The van der Waals surface area contributed by atoms with Crippen molar-refractivity contribution in [3.05, 3.63) is 100 Å². The molecule has 0 amide bonds. The van der Waals surface area contributed by atoms with Crippen LogP contribution in [0.1, 0.15) is 47.1 Å². The Morgan fingerprint density at radius 1 is 1.03 bits per heavy atom. The number of fused-ring (bicyclic) bond motifs is 1. The van der Waals surface area contributed by atoms with Gasteiger partial charge in [-0.1, -0.05) is 37.3 Å². The molecule has 0 saturated heterocycles. The molecule has 0 radical (unpaired) electrons. The number of esters is 1. The van der Waals surface area contributed by atoms with Crippen molar-refractivity contribution >= 4 is 5.97 Å². The van der Waals surface area contributed by atoms with E-state index in [0.29, 0.717) is 31.9 Å². The molecule has 0 bridgehead atoms. The number of hydrogen-bond donors (Lipinski definition) is 0. The average molecular weight is 534 g/mol. The molecule has 1 aliphatic heterocycles. The number of hydrogen-bond acceptors (Lipinski definition) is 4. The number of carbonyl (C=O) groups excluding carboxylic acids is 1. The van der Waals surface area contributed by atoms with Gasteiger partial charge in [0.1, 0.15) is 24.0 Å². The van der Waals surface area contributed by atoms with Gasteiger partial charge in [-0.15, -0.1) is 0 Å². The van der Waals surface area contributed by atoms with E-state index in [1.807, 2.05) is 24.0 Å². The van der Waals surface area contributed by atoms with Gasteiger partial charge in [0, 0.05) is 25.2 Å². The zero-order chi connectivity index (χ0) is 27.3. The van der Waals surface area contributed by atoms with E-state index in [-0.39, 0.29) is 42.8 Å². The van der Waals surface area contributed by atoms with Crippen molar-refractivity contribution in [2.75, 3.05) is 19.7 Å². The minimum Gasteiger partial charge on any atom is -0.494 e. The molecule has 1 heterocycles. The minimum absolute atomic E-state index is 0.0256. The van der Waals surface area contributed by atoms with Crippen LogP contribution in [0.15, 0.2) is 60.7 Å². The van der Waals surface area contributed by atoms with Crippen LogP contribution < -0.4 is 4.74 Å². The SMILES string of the molecule is CC(CN(CCCOc1ccc2c(c1)CC(=O)OC2)Cc1cccc(C(F)(F)F)c1F)c1ccc(F)cc1. The number of carbonyl (C=O) groups is 1. The molecule has 4 rings (SSSR count). The summed E-state index contributed by atoms with van der Waals surface area (Å²) in [6.45, 7) is 3.30. The molecule has 0 spiro atoms.